The molecule has 0 bridgehead atoms. The van der Waals surface area contributed by atoms with Gasteiger partial charge in [-0.15, -0.1) is 11.3 Å². The lowest BCUT2D eigenvalue weighted by Crippen LogP contribution is -1.94. The lowest BCUT2D eigenvalue weighted by molar-refractivity contribution is 0.111. The third kappa shape index (κ3) is 2.72. The number of aromatic nitrogens is 2. The summed E-state index contributed by atoms with van der Waals surface area (Å²) in [6.07, 6.45) is 0.880. The molecule has 0 aliphatic carbocycles. The quantitative estimate of drug-likeness (QED) is 0.480. The summed E-state index contributed by atoms with van der Waals surface area (Å²) in [5.41, 5.74) is 4.21. The molecule has 0 unspecified atom stereocenters. The van der Waals surface area contributed by atoms with E-state index in [0.717, 1.165) is 33.8 Å². The molecular weight excluding hydrogens is 332 g/mol. The summed E-state index contributed by atoms with van der Waals surface area (Å²) in [4.78, 5) is 17.3. The first kappa shape index (κ1) is 15.6. The largest absolute Gasteiger partial charge is 0.494 e. The first-order chi connectivity index (χ1) is 12.3. The molecule has 25 heavy (non-hydrogen) atoms. The van der Waals surface area contributed by atoms with Crippen molar-refractivity contribution < 1.29 is 9.53 Å². The highest BCUT2D eigenvalue weighted by molar-refractivity contribution is 7.15. The van der Waals surface area contributed by atoms with Crippen LogP contribution < -0.4 is 4.74 Å². The molecule has 0 atom stereocenters. The Hall–Kier alpha value is -2.92. The van der Waals surface area contributed by atoms with Crippen LogP contribution in [0.3, 0.4) is 0 Å². The van der Waals surface area contributed by atoms with E-state index in [2.05, 4.69) is 4.98 Å². The van der Waals surface area contributed by atoms with Crippen molar-refractivity contribution in [3.05, 3.63) is 65.7 Å². The molecular formula is C20H16N2O2S. The molecule has 0 N–H and O–H groups in total. The van der Waals surface area contributed by atoms with Gasteiger partial charge in [-0.2, -0.15) is 0 Å². The number of thiazole rings is 1. The van der Waals surface area contributed by atoms with E-state index in [9.17, 15) is 4.79 Å². The van der Waals surface area contributed by atoms with Crippen molar-refractivity contribution in [2.75, 3.05) is 6.61 Å². The predicted molar refractivity (Wildman–Crippen MR) is 100 cm³/mol. The van der Waals surface area contributed by atoms with Crippen LogP contribution in [0.1, 0.15) is 17.4 Å². The lowest BCUT2D eigenvalue weighted by Gasteiger charge is -2.05. The van der Waals surface area contributed by atoms with Gasteiger partial charge in [0.25, 0.3) is 0 Å². The third-order valence-corrected chi connectivity index (χ3v) is 4.84. The number of aldehydes is 1. The number of benzene rings is 2. The van der Waals surface area contributed by atoms with Crippen LogP contribution >= 0.6 is 11.3 Å². The molecule has 0 aliphatic heterocycles. The van der Waals surface area contributed by atoms with Crippen molar-refractivity contribution in [3.8, 4) is 28.3 Å². The van der Waals surface area contributed by atoms with Gasteiger partial charge in [0.1, 0.15) is 17.1 Å². The Bertz CT molecular complexity index is 1020. The van der Waals surface area contributed by atoms with Crippen molar-refractivity contribution in [3.63, 3.8) is 0 Å². The van der Waals surface area contributed by atoms with E-state index in [1.807, 2.05) is 71.3 Å². The van der Waals surface area contributed by atoms with Crippen molar-refractivity contribution in [2.24, 2.45) is 0 Å². The molecule has 0 saturated heterocycles. The summed E-state index contributed by atoms with van der Waals surface area (Å²) in [6.45, 7) is 2.58. The van der Waals surface area contributed by atoms with Crippen molar-refractivity contribution in [1.82, 2.24) is 9.38 Å². The summed E-state index contributed by atoms with van der Waals surface area (Å²) in [7, 11) is 0. The Labute approximate surface area is 149 Å². The zero-order valence-corrected chi connectivity index (χ0v) is 14.5. The van der Waals surface area contributed by atoms with Gasteiger partial charge in [-0.1, -0.05) is 30.3 Å². The van der Waals surface area contributed by atoms with Crippen molar-refractivity contribution in [2.45, 2.75) is 6.92 Å². The molecule has 4 nitrogen and oxygen atoms in total. The van der Waals surface area contributed by atoms with Gasteiger partial charge in [0.2, 0.25) is 0 Å². The van der Waals surface area contributed by atoms with Gasteiger partial charge >= 0.3 is 0 Å². The Morgan fingerprint density at radius 3 is 2.52 bits per heavy atom. The Morgan fingerprint density at radius 2 is 1.84 bits per heavy atom. The fourth-order valence-corrected chi connectivity index (χ4v) is 3.79. The number of carbonyl (C=O) groups excluding carboxylic acids is 1. The monoisotopic (exact) mass is 348 g/mol. The number of nitrogens with zero attached hydrogens (tertiary/aromatic N) is 2. The highest BCUT2D eigenvalue weighted by Gasteiger charge is 2.18. The maximum Gasteiger partial charge on any atom is 0.195 e. The standard InChI is InChI=1S/C20H16N2O2S/c1-2-24-16-10-8-15(9-11-16)19-17(12-23)22-18(13-25-20(22)21-19)14-6-4-3-5-7-14/h3-13H,2H2,1H3. The minimum Gasteiger partial charge on any atom is -0.494 e. The Kier molecular flexibility index (Phi) is 4.07. The first-order valence-electron chi connectivity index (χ1n) is 8.05. The molecule has 2 aromatic carbocycles. The maximum atomic E-state index is 11.8. The fraction of sp³-hybridized carbons (Fsp3) is 0.100. The second-order valence-corrected chi connectivity index (χ2v) is 6.36. The second kappa shape index (κ2) is 6.53. The summed E-state index contributed by atoms with van der Waals surface area (Å²) in [5.74, 6) is 0.810. The normalized spacial score (nSPS) is 10.9. The molecule has 124 valence electrons. The topological polar surface area (TPSA) is 43.6 Å². The molecule has 0 fully saturated rings. The molecule has 5 heteroatoms. The molecule has 4 aromatic rings. The third-order valence-electron chi connectivity index (χ3n) is 4.02. The first-order valence-corrected chi connectivity index (χ1v) is 8.93. The molecule has 0 aliphatic rings. The van der Waals surface area contributed by atoms with E-state index < -0.39 is 0 Å². The lowest BCUT2D eigenvalue weighted by atomic mass is 10.1. The van der Waals surface area contributed by atoms with Gasteiger partial charge < -0.3 is 4.74 Å². The number of imidazole rings is 1. The highest BCUT2D eigenvalue weighted by atomic mass is 32.1. The predicted octanol–water partition coefficient (Wildman–Crippen LogP) is 4.94. The van der Waals surface area contributed by atoms with Crippen LogP contribution in [0, 0.1) is 0 Å². The number of hydrogen-bond donors (Lipinski definition) is 0. The maximum absolute atomic E-state index is 11.8. The molecule has 0 radical (unpaired) electrons. The van der Waals surface area contributed by atoms with E-state index in [1.54, 1.807) is 0 Å². The summed E-state index contributed by atoms with van der Waals surface area (Å²) in [6, 6.07) is 17.7. The van der Waals surface area contributed by atoms with Crippen LogP contribution in [0.25, 0.3) is 27.5 Å². The fourth-order valence-electron chi connectivity index (χ4n) is 2.89. The van der Waals surface area contributed by atoms with Crippen LogP contribution in [0.15, 0.2) is 60.0 Å². The minimum absolute atomic E-state index is 0.569. The van der Waals surface area contributed by atoms with Crippen LogP contribution in [0.2, 0.25) is 0 Å². The number of ether oxygens (including phenoxy) is 1. The Morgan fingerprint density at radius 1 is 1.08 bits per heavy atom. The van der Waals surface area contributed by atoms with E-state index in [1.165, 1.54) is 11.3 Å². The van der Waals surface area contributed by atoms with Crippen molar-refractivity contribution in [1.29, 1.82) is 0 Å². The van der Waals surface area contributed by atoms with Crippen LogP contribution in [-0.4, -0.2) is 22.3 Å². The van der Waals surface area contributed by atoms with Crippen LogP contribution in [0.5, 0.6) is 5.75 Å². The Balaban J connectivity index is 1.86. The van der Waals surface area contributed by atoms with Gasteiger partial charge in [-0.05, 0) is 36.8 Å². The van der Waals surface area contributed by atoms with Gasteiger partial charge in [-0.25, -0.2) is 4.98 Å². The molecule has 0 amide bonds. The summed E-state index contributed by atoms with van der Waals surface area (Å²) >= 11 is 1.53. The van der Waals surface area contributed by atoms with Gasteiger partial charge in [0.05, 0.1) is 12.3 Å². The van der Waals surface area contributed by atoms with E-state index in [-0.39, 0.29) is 0 Å². The second-order valence-electron chi connectivity index (χ2n) is 5.53. The molecule has 2 aromatic heterocycles. The minimum atomic E-state index is 0.569. The molecule has 2 heterocycles. The molecule has 0 saturated carbocycles. The average Bonchev–Trinajstić information content (AvgIpc) is 3.22. The van der Waals surface area contributed by atoms with Gasteiger partial charge in [0.15, 0.2) is 11.2 Å². The van der Waals surface area contributed by atoms with Crippen LogP contribution in [0.4, 0.5) is 0 Å². The number of hydrogen-bond acceptors (Lipinski definition) is 4. The highest BCUT2D eigenvalue weighted by Crippen LogP contribution is 2.32. The average molecular weight is 348 g/mol. The molecule has 0 spiro atoms. The van der Waals surface area contributed by atoms with E-state index >= 15 is 0 Å². The zero-order valence-electron chi connectivity index (χ0n) is 13.7. The van der Waals surface area contributed by atoms with E-state index in [0.29, 0.717) is 18.0 Å². The van der Waals surface area contributed by atoms with Crippen molar-refractivity contribution >= 4 is 22.6 Å². The number of carbonyl (C=O) groups is 1. The zero-order chi connectivity index (χ0) is 17.2. The summed E-state index contributed by atoms with van der Waals surface area (Å²) in [5, 5.41) is 2.03. The smallest absolute Gasteiger partial charge is 0.195 e. The summed E-state index contributed by atoms with van der Waals surface area (Å²) < 4.78 is 7.41. The van der Waals surface area contributed by atoms with E-state index in [4.69, 9.17) is 4.74 Å². The number of rotatable bonds is 5. The van der Waals surface area contributed by atoms with Gasteiger partial charge in [0, 0.05) is 10.9 Å². The number of fused-ring (bicyclic) bond motifs is 1. The molecule has 4 rings (SSSR count). The van der Waals surface area contributed by atoms with Gasteiger partial charge in [-0.3, -0.25) is 9.20 Å². The SMILES string of the molecule is CCOc1ccc(-c2nc3scc(-c4ccccc4)n3c2C=O)cc1. The van der Waals surface area contributed by atoms with Crippen LogP contribution in [-0.2, 0) is 0 Å².